The maximum absolute atomic E-state index is 5.39. The molecule has 0 aliphatic carbocycles. The molecule has 0 atom stereocenters. The van der Waals surface area contributed by atoms with Gasteiger partial charge in [-0.2, -0.15) is 0 Å². The lowest BCUT2D eigenvalue weighted by Gasteiger charge is -2.33. The van der Waals surface area contributed by atoms with E-state index in [9.17, 15) is 0 Å². The van der Waals surface area contributed by atoms with E-state index >= 15 is 0 Å². The van der Waals surface area contributed by atoms with Crippen molar-refractivity contribution in [2.24, 2.45) is 0 Å². The summed E-state index contributed by atoms with van der Waals surface area (Å²) in [5.74, 6) is 0.922. The van der Waals surface area contributed by atoms with E-state index in [1.54, 1.807) is 7.11 Å². The second-order valence-electron chi connectivity index (χ2n) is 4.91. The van der Waals surface area contributed by atoms with Crippen LogP contribution in [0.3, 0.4) is 0 Å². The summed E-state index contributed by atoms with van der Waals surface area (Å²) >= 11 is 1.84. The van der Waals surface area contributed by atoms with Crippen LogP contribution in [0.15, 0.2) is 52.3 Å². The van der Waals surface area contributed by atoms with Gasteiger partial charge in [0.05, 0.1) is 18.5 Å². The quantitative estimate of drug-likeness (QED) is 0.775. The fraction of sp³-hybridized carbons (Fsp3) is 0.294. The zero-order chi connectivity index (χ0) is 13.9. The summed E-state index contributed by atoms with van der Waals surface area (Å²) in [5.41, 5.74) is 2.58. The first-order chi connectivity index (χ1) is 9.83. The molecule has 0 aromatic heterocycles. The number of para-hydroxylation sites is 1. The number of nitrogens with zero attached hydrogens (tertiary/aromatic N) is 1. The summed E-state index contributed by atoms with van der Waals surface area (Å²) in [4.78, 5) is 5.06. The van der Waals surface area contributed by atoms with Gasteiger partial charge in [0.2, 0.25) is 0 Å². The number of fused-ring (bicyclic) bond motifs is 2. The molecule has 1 aliphatic heterocycles. The minimum atomic E-state index is 0.922. The van der Waals surface area contributed by atoms with Gasteiger partial charge in [0, 0.05) is 22.4 Å². The van der Waals surface area contributed by atoms with Crippen LogP contribution in [-0.4, -0.2) is 13.7 Å². The maximum atomic E-state index is 5.39. The van der Waals surface area contributed by atoms with Crippen molar-refractivity contribution >= 4 is 23.1 Å². The molecule has 0 amide bonds. The third-order valence-electron chi connectivity index (χ3n) is 3.57. The number of hydrogen-bond acceptors (Lipinski definition) is 3. The van der Waals surface area contributed by atoms with E-state index in [1.807, 2.05) is 17.8 Å². The van der Waals surface area contributed by atoms with Gasteiger partial charge in [0.1, 0.15) is 5.75 Å². The van der Waals surface area contributed by atoms with Gasteiger partial charge in [-0.1, -0.05) is 37.2 Å². The Kier molecular flexibility index (Phi) is 3.88. The predicted molar refractivity (Wildman–Crippen MR) is 85.5 cm³/mol. The first-order valence-corrected chi connectivity index (χ1v) is 7.87. The fourth-order valence-electron chi connectivity index (χ4n) is 2.49. The normalized spacial score (nSPS) is 12.8. The first kappa shape index (κ1) is 13.4. The van der Waals surface area contributed by atoms with E-state index in [0.717, 1.165) is 12.3 Å². The Morgan fingerprint density at radius 3 is 2.65 bits per heavy atom. The lowest BCUT2D eigenvalue weighted by atomic mass is 10.2. The highest BCUT2D eigenvalue weighted by Crippen LogP contribution is 2.48. The van der Waals surface area contributed by atoms with E-state index in [1.165, 1.54) is 34.0 Å². The van der Waals surface area contributed by atoms with E-state index < -0.39 is 0 Å². The van der Waals surface area contributed by atoms with Gasteiger partial charge < -0.3 is 9.64 Å². The van der Waals surface area contributed by atoms with Crippen LogP contribution in [0.25, 0.3) is 0 Å². The maximum Gasteiger partial charge on any atom is 0.121 e. The lowest BCUT2D eigenvalue weighted by molar-refractivity contribution is 0.414. The zero-order valence-electron chi connectivity index (χ0n) is 11.9. The van der Waals surface area contributed by atoms with Crippen LogP contribution in [0.1, 0.15) is 19.8 Å². The average molecular weight is 285 g/mol. The molecular formula is C17H19NOS. The number of rotatable bonds is 4. The number of hydrogen-bond donors (Lipinski definition) is 0. The molecule has 2 aromatic rings. The summed E-state index contributed by atoms with van der Waals surface area (Å²) in [6.45, 7) is 3.28. The fourth-order valence-corrected chi connectivity index (χ4v) is 3.57. The van der Waals surface area contributed by atoms with Crippen molar-refractivity contribution in [3.63, 3.8) is 0 Å². The van der Waals surface area contributed by atoms with Gasteiger partial charge in [-0.3, -0.25) is 0 Å². The van der Waals surface area contributed by atoms with E-state index in [0.29, 0.717) is 0 Å². The van der Waals surface area contributed by atoms with Crippen molar-refractivity contribution in [2.75, 3.05) is 18.6 Å². The van der Waals surface area contributed by atoms with Crippen molar-refractivity contribution in [1.29, 1.82) is 0 Å². The third kappa shape index (κ3) is 2.38. The smallest absolute Gasteiger partial charge is 0.121 e. The summed E-state index contributed by atoms with van der Waals surface area (Å²) in [6, 6.07) is 15.0. The van der Waals surface area contributed by atoms with Crippen molar-refractivity contribution in [3.05, 3.63) is 42.5 Å². The molecule has 0 radical (unpaired) electrons. The number of methoxy groups -OCH3 is 1. The molecule has 20 heavy (non-hydrogen) atoms. The highest BCUT2D eigenvalue weighted by Gasteiger charge is 2.23. The minimum Gasteiger partial charge on any atom is -0.497 e. The summed E-state index contributed by atoms with van der Waals surface area (Å²) in [6.07, 6.45) is 2.39. The minimum absolute atomic E-state index is 0.922. The highest BCUT2D eigenvalue weighted by molar-refractivity contribution is 7.99. The molecule has 0 N–H and O–H groups in total. The van der Waals surface area contributed by atoms with Gasteiger partial charge in [0.25, 0.3) is 0 Å². The van der Waals surface area contributed by atoms with Crippen LogP contribution in [0.5, 0.6) is 5.75 Å². The van der Waals surface area contributed by atoms with E-state index in [4.69, 9.17) is 4.74 Å². The standard InChI is InChI=1S/C17H19NOS/c1-3-4-11-18-14-7-5-6-8-16(14)20-17-10-9-13(19-2)12-15(17)18/h5-10,12H,3-4,11H2,1-2H3. The second-order valence-corrected chi connectivity index (χ2v) is 5.99. The van der Waals surface area contributed by atoms with Gasteiger partial charge in [-0.25, -0.2) is 0 Å². The number of anilines is 2. The van der Waals surface area contributed by atoms with Crippen LogP contribution in [0.2, 0.25) is 0 Å². The molecule has 1 heterocycles. The SMILES string of the molecule is CCCCN1c2ccccc2Sc2ccc(OC)cc21. The molecule has 0 saturated carbocycles. The molecule has 3 heteroatoms. The Balaban J connectivity index is 2.06. The second kappa shape index (κ2) is 5.80. The monoisotopic (exact) mass is 285 g/mol. The summed E-state index contributed by atoms with van der Waals surface area (Å²) in [7, 11) is 1.72. The third-order valence-corrected chi connectivity index (χ3v) is 4.70. The number of benzene rings is 2. The average Bonchev–Trinajstić information content (AvgIpc) is 2.51. The zero-order valence-corrected chi connectivity index (χ0v) is 12.7. The van der Waals surface area contributed by atoms with Crippen molar-refractivity contribution in [1.82, 2.24) is 0 Å². The van der Waals surface area contributed by atoms with Gasteiger partial charge in [-0.05, 0) is 30.7 Å². The van der Waals surface area contributed by atoms with Gasteiger partial charge in [-0.15, -0.1) is 0 Å². The Morgan fingerprint density at radius 1 is 1.05 bits per heavy atom. The van der Waals surface area contributed by atoms with Crippen molar-refractivity contribution in [3.8, 4) is 5.75 Å². The topological polar surface area (TPSA) is 12.5 Å². The Bertz CT molecular complexity index is 612. The Labute approximate surface area is 124 Å². The predicted octanol–water partition coefficient (Wildman–Crippen LogP) is 5.10. The molecule has 0 saturated heterocycles. The molecular weight excluding hydrogens is 266 g/mol. The molecule has 3 rings (SSSR count). The van der Waals surface area contributed by atoms with Crippen LogP contribution in [0.4, 0.5) is 11.4 Å². The molecule has 1 aliphatic rings. The Hall–Kier alpha value is -1.61. The van der Waals surface area contributed by atoms with Gasteiger partial charge >= 0.3 is 0 Å². The van der Waals surface area contributed by atoms with E-state index in [-0.39, 0.29) is 0 Å². The summed E-state index contributed by atoms with van der Waals surface area (Å²) < 4.78 is 5.39. The van der Waals surface area contributed by atoms with Crippen molar-refractivity contribution < 1.29 is 4.74 Å². The van der Waals surface area contributed by atoms with Crippen LogP contribution in [-0.2, 0) is 0 Å². The van der Waals surface area contributed by atoms with Crippen LogP contribution in [0, 0.1) is 0 Å². The molecule has 2 nitrogen and oxygen atoms in total. The summed E-state index contributed by atoms with van der Waals surface area (Å²) in [5, 5.41) is 0. The van der Waals surface area contributed by atoms with Crippen LogP contribution >= 0.6 is 11.8 Å². The Morgan fingerprint density at radius 2 is 1.85 bits per heavy atom. The molecule has 0 spiro atoms. The van der Waals surface area contributed by atoms with Gasteiger partial charge in [0.15, 0.2) is 0 Å². The lowest BCUT2D eigenvalue weighted by Crippen LogP contribution is -2.21. The number of ether oxygens (including phenoxy) is 1. The van der Waals surface area contributed by atoms with Crippen molar-refractivity contribution in [2.45, 2.75) is 29.6 Å². The largest absolute Gasteiger partial charge is 0.497 e. The molecule has 0 unspecified atom stereocenters. The molecule has 104 valence electrons. The number of unbranched alkanes of at least 4 members (excludes halogenated alkanes) is 1. The highest BCUT2D eigenvalue weighted by atomic mass is 32.2. The molecule has 0 fully saturated rings. The first-order valence-electron chi connectivity index (χ1n) is 7.06. The van der Waals surface area contributed by atoms with E-state index in [2.05, 4.69) is 48.2 Å². The molecule has 2 aromatic carbocycles. The molecule has 0 bridgehead atoms. The van der Waals surface area contributed by atoms with Crippen LogP contribution < -0.4 is 9.64 Å².